The van der Waals surface area contributed by atoms with Gasteiger partial charge < -0.3 is 26.4 Å². The predicted octanol–water partition coefficient (Wildman–Crippen LogP) is 3.49. The molecule has 7 heteroatoms. The number of hydrazone groups is 1. The minimum atomic E-state index is 0.233. The number of carbonyl (C=O) groups is 2. The van der Waals surface area contributed by atoms with Crippen LogP contribution in [0.4, 0.5) is 0 Å². The Morgan fingerprint density at radius 1 is 1.12 bits per heavy atom. The van der Waals surface area contributed by atoms with Gasteiger partial charge in [-0.3, -0.25) is 4.79 Å². The van der Waals surface area contributed by atoms with Gasteiger partial charge in [0.2, 0.25) is 0 Å². The Morgan fingerprint density at radius 2 is 1.76 bits per heavy atom. The van der Waals surface area contributed by atoms with Crippen LogP contribution in [0.1, 0.15) is 51.2 Å². The van der Waals surface area contributed by atoms with Gasteiger partial charge in [0.05, 0.1) is 6.54 Å². The van der Waals surface area contributed by atoms with E-state index in [2.05, 4.69) is 22.8 Å². The van der Waals surface area contributed by atoms with Crippen LogP contribution < -0.4 is 16.5 Å². The van der Waals surface area contributed by atoms with Crippen molar-refractivity contribution in [3.8, 4) is 11.1 Å². The SMILES string of the molecule is CCCCC(=O)C(C)C.CN/N=C(\N)c1ccccc1-c1ccc(CNCC=O)cc1.CO. The number of nitrogens with two attached hydrogens (primary N) is 1. The molecule has 0 amide bonds. The van der Waals surface area contributed by atoms with Gasteiger partial charge in [-0.2, -0.15) is 5.10 Å². The lowest BCUT2D eigenvalue weighted by Gasteiger charge is -2.10. The number of nitrogens with one attached hydrogen (secondary N) is 2. The number of benzene rings is 2. The van der Waals surface area contributed by atoms with E-state index in [1.165, 1.54) is 0 Å². The lowest BCUT2D eigenvalue weighted by molar-refractivity contribution is -0.122. The maximum absolute atomic E-state index is 10.9. The van der Waals surface area contributed by atoms with E-state index in [0.717, 1.165) is 54.9 Å². The number of unbranched alkanes of at least 4 members (excludes halogenated alkanes) is 1. The zero-order valence-electron chi connectivity index (χ0n) is 20.6. The van der Waals surface area contributed by atoms with Gasteiger partial charge in [-0.15, -0.1) is 0 Å². The quantitative estimate of drug-likeness (QED) is 0.135. The summed E-state index contributed by atoms with van der Waals surface area (Å²) in [6.45, 7) is 7.05. The molecule has 0 heterocycles. The Balaban J connectivity index is 0.000000786. The van der Waals surface area contributed by atoms with Crippen molar-refractivity contribution in [2.45, 2.75) is 46.6 Å². The number of carbonyl (C=O) groups excluding carboxylic acids is 2. The molecular formula is C26H40N4O3. The van der Waals surface area contributed by atoms with Gasteiger partial charge in [0.25, 0.3) is 0 Å². The molecule has 0 aliphatic rings. The first-order chi connectivity index (χ1) is 15.9. The molecule has 0 aromatic heterocycles. The largest absolute Gasteiger partial charge is 0.400 e. The Labute approximate surface area is 198 Å². The van der Waals surface area contributed by atoms with Gasteiger partial charge in [0, 0.05) is 38.6 Å². The molecule has 2 aromatic carbocycles. The van der Waals surface area contributed by atoms with Crippen molar-refractivity contribution < 1.29 is 14.7 Å². The first-order valence-corrected chi connectivity index (χ1v) is 11.2. The third kappa shape index (κ3) is 12.0. The van der Waals surface area contributed by atoms with Gasteiger partial charge in [0.1, 0.15) is 12.1 Å². The monoisotopic (exact) mass is 456 g/mol. The van der Waals surface area contributed by atoms with Crippen LogP contribution >= 0.6 is 0 Å². The fraction of sp³-hybridized carbons (Fsp3) is 0.423. The van der Waals surface area contributed by atoms with E-state index in [9.17, 15) is 9.59 Å². The highest BCUT2D eigenvalue weighted by Gasteiger charge is 2.08. The molecule has 0 unspecified atom stereocenters. The van der Waals surface area contributed by atoms with Crippen molar-refractivity contribution in [2.75, 3.05) is 20.7 Å². The molecule has 2 aromatic rings. The lowest BCUT2D eigenvalue weighted by Crippen LogP contribution is -2.18. The molecular weight excluding hydrogens is 416 g/mol. The van der Waals surface area contributed by atoms with Crippen LogP contribution in [-0.4, -0.2) is 43.7 Å². The summed E-state index contributed by atoms with van der Waals surface area (Å²) in [5.74, 6) is 1.09. The van der Waals surface area contributed by atoms with Crippen LogP contribution in [0.25, 0.3) is 11.1 Å². The van der Waals surface area contributed by atoms with Crippen LogP contribution in [0.3, 0.4) is 0 Å². The molecule has 0 saturated carbocycles. The maximum Gasteiger partial charge on any atom is 0.151 e. The standard InChI is InChI=1S/C17H20N4O.C8H16O.CH4O/c1-19-21-17(18)16-5-3-2-4-15(16)14-8-6-13(7-9-14)12-20-10-11-22;1-4-5-6-8(9)7(2)3;1-2/h2-9,11,19-20H,10,12H2,1H3,(H2,18,21);7H,4-6H2,1-3H3;2H,1H3. The Hall–Kier alpha value is -3.03. The predicted molar refractivity (Wildman–Crippen MR) is 137 cm³/mol. The summed E-state index contributed by atoms with van der Waals surface area (Å²) < 4.78 is 0. The summed E-state index contributed by atoms with van der Waals surface area (Å²) in [6, 6.07) is 16.1. The number of ketones is 1. The second-order valence-electron chi connectivity index (χ2n) is 7.49. The van der Waals surface area contributed by atoms with Crippen LogP contribution in [-0.2, 0) is 16.1 Å². The highest BCUT2D eigenvalue weighted by Crippen LogP contribution is 2.24. The van der Waals surface area contributed by atoms with Gasteiger partial charge in [-0.1, -0.05) is 75.7 Å². The van der Waals surface area contributed by atoms with Gasteiger partial charge >= 0.3 is 0 Å². The van der Waals surface area contributed by atoms with Crippen molar-refractivity contribution in [2.24, 2.45) is 16.8 Å². The smallest absolute Gasteiger partial charge is 0.151 e. The molecule has 0 atom stereocenters. The minimum Gasteiger partial charge on any atom is -0.400 e. The molecule has 7 nitrogen and oxygen atoms in total. The van der Waals surface area contributed by atoms with Crippen LogP contribution in [0.15, 0.2) is 53.6 Å². The van der Waals surface area contributed by atoms with E-state index < -0.39 is 0 Å². The summed E-state index contributed by atoms with van der Waals surface area (Å²) in [4.78, 5) is 21.2. The fourth-order valence-corrected chi connectivity index (χ4v) is 2.86. The zero-order chi connectivity index (χ0) is 25.1. The highest BCUT2D eigenvalue weighted by atomic mass is 16.2. The second-order valence-corrected chi connectivity index (χ2v) is 7.49. The number of aliphatic hydroxyl groups excluding tert-OH is 1. The van der Waals surface area contributed by atoms with Gasteiger partial charge in [0.15, 0.2) is 5.84 Å². The molecule has 0 spiro atoms. The van der Waals surface area contributed by atoms with Crippen LogP contribution in [0.5, 0.6) is 0 Å². The average molecular weight is 457 g/mol. The summed E-state index contributed by atoms with van der Waals surface area (Å²) in [7, 11) is 2.72. The number of rotatable bonds is 11. The average Bonchev–Trinajstić information content (AvgIpc) is 2.85. The van der Waals surface area contributed by atoms with Crippen LogP contribution in [0, 0.1) is 5.92 Å². The number of hydrogen-bond acceptors (Lipinski definition) is 6. The second kappa shape index (κ2) is 18.5. The first kappa shape index (κ1) is 30.0. The third-order valence-electron chi connectivity index (χ3n) is 4.68. The number of amidine groups is 1. The van der Waals surface area contributed by atoms with Crippen molar-refractivity contribution in [3.63, 3.8) is 0 Å². The molecule has 182 valence electrons. The summed E-state index contributed by atoms with van der Waals surface area (Å²) in [5.41, 5.74) is 12.8. The third-order valence-corrected chi connectivity index (χ3v) is 4.68. The van der Waals surface area contributed by atoms with E-state index in [0.29, 0.717) is 24.7 Å². The molecule has 33 heavy (non-hydrogen) atoms. The summed E-state index contributed by atoms with van der Waals surface area (Å²) in [6.07, 6.45) is 3.80. The fourth-order valence-electron chi connectivity index (χ4n) is 2.86. The molecule has 0 saturated heterocycles. The minimum absolute atomic E-state index is 0.233. The van der Waals surface area contributed by atoms with E-state index in [-0.39, 0.29) is 5.92 Å². The van der Waals surface area contributed by atoms with Crippen molar-refractivity contribution in [3.05, 3.63) is 59.7 Å². The molecule has 2 rings (SSSR count). The topological polar surface area (TPSA) is 117 Å². The molecule has 0 bridgehead atoms. The normalized spacial score (nSPS) is 10.5. The number of Topliss-reactive ketones (excluding diaryl/α,β-unsaturated/α-hetero) is 1. The molecule has 0 aliphatic carbocycles. The Bertz CT molecular complexity index is 834. The highest BCUT2D eigenvalue weighted by molar-refractivity contribution is 6.03. The van der Waals surface area contributed by atoms with Crippen molar-refractivity contribution in [1.29, 1.82) is 0 Å². The first-order valence-electron chi connectivity index (χ1n) is 11.2. The van der Waals surface area contributed by atoms with E-state index in [1.54, 1.807) is 7.05 Å². The number of aldehydes is 1. The molecule has 0 fully saturated rings. The maximum atomic E-state index is 10.9. The number of aliphatic hydroxyl groups is 1. The zero-order valence-corrected chi connectivity index (χ0v) is 20.6. The Morgan fingerprint density at radius 3 is 2.30 bits per heavy atom. The molecule has 0 aliphatic heterocycles. The molecule has 0 radical (unpaired) electrons. The van der Waals surface area contributed by atoms with Crippen LogP contribution in [0.2, 0.25) is 0 Å². The van der Waals surface area contributed by atoms with E-state index in [4.69, 9.17) is 10.8 Å². The molecule has 5 N–H and O–H groups in total. The van der Waals surface area contributed by atoms with Gasteiger partial charge in [-0.05, 0) is 23.1 Å². The van der Waals surface area contributed by atoms with Crippen molar-refractivity contribution >= 4 is 17.9 Å². The van der Waals surface area contributed by atoms with Crippen molar-refractivity contribution in [1.82, 2.24) is 10.7 Å². The summed E-state index contributed by atoms with van der Waals surface area (Å²) >= 11 is 0. The van der Waals surface area contributed by atoms with Gasteiger partial charge in [-0.25, -0.2) is 0 Å². The summed E-state index contributed by atoms with van der Waals surface area (Å²) in [5, 5.41) is 14.1. The number of hydrogen-bond donors (Lipinski definition) is 4. The van der Waals surface area contributed by atoms with E-state index in [1.807, 2.05) is 62.4 Å². The lowest BCUT2D eigenvalue weighted by atomic mass is 9.98. The Kier molecular flexibility index (Phi) is 16.8. The number of nitrogens with zero attached hydrogens (tertiary/aromatic N) is 1. The van der Waals surface area contributed by atoms with E-state index >= 15 is 0 Å².